The number of aliphatic hydroxyl groups is 1. The Balaban J connectivity index is 3.04. The minimum atomic E-state index is -0.370. The first-order valence-electron chi connectivity index (χ1n) is 3.85. The first-order chi connectivity index (χ1) is 5.65. The van der Waals surface area contributed by atoms with Gasteiger partial charge in [-0.2, -0.15) is 0 Å². The van der Waals surface area contributed by atoms with Crippen molar-refractivity contribution in [3.63, 3.8) is 0 Å². The lowest BCUT2D eigenvalue weighted by molar-refractivity contribution is 0.280. The Morgan fingerprint density at radius 2 is 2.25 bits per heavy atom. The van der Waals surface area contributed by atoms with E-state index < -0.39 is 0 Å². The fourth-order valence-corrected chi connectivity index (χ4v) is 1.07. The normalized spacial score (nSPS) is 13.0. The largest absolute Gasteiger partial charge is 0.396 e. The molecule has 0 spiro atoms. The van der Waals surface area contributed by atoms with Crippen LogP contribution in [0, 0.1) is 19.7 Å². The Labute approximate surface area is 71.9 Å². The third kappa shape index (κ3) is 1.83. The number of halogens is 1. The lowest BCUT2D eigenvalue weighted by Gasteiger charge is -2.09. The van der Waals surface area contributed by atoms with Crippen molar-refractivity contribution in [1.82, 2.24) is 0 Å². The summed E-state index contributed by atoms with van der Waals surface area (Å²) in [7, 11) is 0. The summed E-state index contributed by atoms with van der Waals surface area (Å²) < 4.78 is 13.1. The molecule has 0 aliphatic heterocycles. The second-order valence-corrected chi connectivity index (χ2v) is 2.90. The first-order valence-corrected chi connectivity index (χ1v) is 3.85. The highest BCUT2D eigenvalue weighted by molar-refractivity contribution is 5.27. The number of hydrogen-bond acceptors (Lipinski definition) is 1. The minimum Gasteiger partial charge on any atom is -0.396 e. The average Bonchev–Trinajstić information content (AvgIpc) is 2.08. The van der Waals surface area contributed by atoms with Crippen LogP contribution in [0.2, 0.25) is 0 Å². The molecule has 0 saturated heterocycles. The van der Waals surface area contributed by atoms with Gasteiger partial charge in [0.1, 0.15) is 5.82 Å². The summed E-state index contributed by atoms with van der Waals surface area (Å²) in [6.07, 6.45) is 0. The molecule has 0 heterocycles. The van der Waals surface area contributed by atoms with Gasteiger partial charge in [-0.05, 0) is 25.5 Å². The van der Waals surface area contributed by atoms with Crippen LogP contribution in [0.25, 0.3) is 0 Å². The van der Waals surface area contributed by atoms with Crippen LogP contribution in [0.4, 0.5) is 4.39 Å². The molecule has 0 amide bonds. The highest BCUT2D eigenvalue weighted by Crippen LogP contribution is 2.18. The van der Waals surface area contributed by atoms with Gasteiger partial charge in [-0.3, -0.25) is 0 Å². The van der Waals surface area contributed by atoms with Gasteiger partial charge in [0.15, 0.2) is 0 Å². The van der Waals surface area contributed by atoms with Crippen molar-refractivity contribution in [3.8, 4) is 0 Å². The lowest BCUT2D eigenvalue weighted by atomic mass is 10.00. The molecule has 2 heteroatoms. The zero-order valence-electron chi connectivity index (χ0n) is 7.05. The second-order valence-electron chi connectivity index (χ2n) is 2.90. The zero-order valence-corrected chi connectivity index (χ0v) is 7.05. The van der Waals surface area contributed by atoms with Gasteiger partial charge >= 0.3 is 0 Å². The summed E-state index contributed by atoms with van der Waals surface area (Å²) in [5, 5.41) is 8.77. The number of hydrogen-bond donors (Lipinski definition) is 1. The molecular formula is C10H12FO. The first kappa shape index (κ1) is 9.20. The summed E-state index contributed by atoms with van der Waals surface area (Å²) in [6.45, 7) is 5.40. The van der Waals surface area contributed by atoms with Gasteiger partial charge in [-0.15, -0.1) is 0 Å². The molecular weight excluding hydrogens is 155 g/mol. The molecule has 0 aromatic heterocycles. The molecule has 1 N–H and O–H groups in total. The lowest BCUT2D eigenvalue weighted by Crippen LogP contribution is -2.02. The molecule has 0 bridgehead atoms. The number of rotatable bonds is 2. The van der Waals surface area contributed by atoms with Crippen LogP contribution in [0.15, 0.2) is 18.2 Å². The summed E-state index contributed by atoms with van der Waals surface area (Å²) in [6, 6.07) is 4.81. The molecule has 1 radical (unpaired) electrons. The fraction of sp³-hybridized carbons (Fsp3) is 0.300. The van der Waals surface area contributed by atoms with E-state index in [1.165, 1.54) is 6.07 Å². The van der Waals surface area contributed by atoms with Crippen molar-refractivity contribution in [2.45, 2.75) is 12.8 Å². The molecule has 1 unspecified atom stereocenters. The fourth-order valence-electron chi connectivity index (χ4n) is 1.07. The summed E-state index contributed by atoms with van der Waals surface area (Å²) >= 11 is 0. The van der Waals surface area contributed by atoms with Crippen molar-refractivity contribution in [2.75, 3.05) is 6.61 Å². The third-order valence-electron chi connectivity index (χ3n) is 1.81. The van der Waals surface area contributed by atoms with E-state index in [2.05, 4.69) is 6.92 Å². The van der Waals surface area contributed by atoms with E-state index >= 15 is 0 Å². The average molecular weight is 167 g/mol. The molecule has 1 rings (SSSR count). The van der Waals surface area contributed by atoms with Crippen LogP contribution < -0.4 is 0 Å². The summed E-state index contributed by atoms with van der Waals surface area (Å²) in [5.41, 5.74) is 1.46. The van der Waals surface area contributed by atoms with Crippen molar-refractivity contribution in [2.24, 2.45) is 0 Å². The summed E-state index contributed by atoms with van der Waals surface area (Å²) in [5.74, 6) is -0.667. The van der Waals surface area contributed by atoms with Crippen LogP contribution in [0.5, 0.6) is 0 Å². The smallest absolute Gasteiger partial charge is 0.126 e. The third-order valence-corrected chi connectivity index (χ3v) is 1.81. The predicted molar refractivity (Wildman–Crippen MR) is 46.3 cm³/mol. The van der Waals surface area contributed by atoms with Gasteiger partial charge < -0.3 is 5.11 Å². The van der Waals surface area contributed by atoms with Crippen LogP contribution in [-0.2, 0) is 0 Å². The second kappa shape index (κ2) is 3.68. The van der Waals surface area contributed by atoms with Crippen LogP contribution >= 0.6 is 0 Å². The van der Waals surface area contributed by atoms with E-state index in [1.54, 1.807) is 12.1 Å². The topological polar surface area (TPSA) is 20.2 Å². The monoisotopic (exact) mass is 167 g/mol. The Hall–Kier alpha value is -0.890. The molecule has 65 valence electrons. The zero-order chi connectivity index (χ0) is 9.14. The van der Waals surface area contributed by atoms with Gasteiger partial charge in [-0.25, -0.2) is 4.39 Å². The number of aryl methyl sites for hydroxylation is 1. The maximum Gasteiger partial charge on any atom is 0.126 e. The Bertz CT molecular complexity index is 271. The van der Waals surface area contributed by atoms with Crippen LogP contribution in [0.3, 0.4) is 0 Å². The van der Waals surface area contributed by atoms with E-state index in [0.717, 1.165) is 5.56 Å². The molecule has 1 nitrogen and oxygen atoms in total. The molecule has 0 aliphatic rings. The van der Waals surface area contributed by atoms with Gasteiger partial charge in [0.05, 0.1) is 6.61 Å². The number of benzene rings is 1. The highest BCUT2D eigenvalue weighted by Gasteiger charge is 2.09. The minimum absolute atomic E-state index is 0.125. The quantitative estimate of drug-likeness (QED) is 0.714. The maximum atomic E-state index is 13.1. The highest BCUT2D eigenvalue weighted by atomic mass is 19.1. The van der Waals surface area contributed by atoms with E-state index in [1.807, 2.05) is 6.92 Å². The predicted octanol–water partition coefficient (Wildman–Crippen LogP) is 2.04. The maximum absolute atomic E-state index is 13.1. The molecule has 1 aromatic rings. The molecule has 1 aromatic carbocycles. The molecule has 0 fully saturated rings. The van der Waals surface area contributed by atoms with Crippen molar-refractivity contribution in [1.29, 1.82) is 0 Å². The SMILES string of the molecule is [CH2]C(CO)c1cc(C)ccc1F. The van der Waals surface area contributed by atoms with E-state index in [9.17, 15) is 4.39 Å². The van der Waals surface area contributed by atoms with Crippen molar-refractivity contribution in [3.05, 3.63) is 42.1 Å². The summed E-state index contributed by atoms with van der Waals surface area (Å²) in [4.78, 5) is 0. The van der Waals surface area contributed by atoms with Crippen molar-refractivity contribution < 1.29 is 9.50 Å². The molecule has 12 heavy (non-hydrogen) atoms. The van der Waals surface area contributed by atoms with Crippen LogP contribution in [-0.4, -0.2) is 11.7 Å². The van der Waals surface area contributed by atoms with Crippen LogP contribution in [0.1, 0.15) is 17.0 Å². The Kier molecular flexibility index (Phi) is 2.82. The standard InChI is InChI=1S/C10H12FO/c1-7-3-4-10(11)9(5-7)8(2)6-12/h3-5,8,12H,2,6H2,1H3. The molecule has 0 saturated carbocycles. The van der Waals surface area contributed by atoms with Gasteiger partial charge in [0, 0.05) is 5.92 Å². The van der Waals surface area contributed by atoms with Gasteiger partial charge in [0.25, 0.3) is 0 Å². The number of aliphatic hydroxyl groups excluding tert-OH is 1. The molecule has 1 atom stereocenters. The Morgan fingerprint density at radius 1 is 1.58 bits per heavy atom. The molecule has 0 aliphatic carbocycles. The van der Waals surface area contributed by atoms with E-state index in [0.29, 0.717) is 5.56 Å². The van der Waals surface area contributed by atoms with Crippen molar-refractivity contribution >= 4 is 0 Å². The Morgan fingerprint density at radius 3 is 2.83 bits per heavy atom. The van der Waals surface area contributed by atoms with Gasteiger partial charge in [0.2, 0.25) is 0 Å². The van der Waals surface area contributed by atoms with E-state index in [4.69, 9.17) is 5.11 Å². The van der Waals surface area contributed by atoms with Gasteiger partial charge in [-0.1, -0.05) is 17.7 Å². The van der Waals surface area contributed by atoms with E-state index in [-0.39, 0.29) is 18.3 Å².